The van der Waals surface area contributed by atoms with E-state index in [0.717, 1.165) is 19.3 Å². The molecule has 0 spiro atoms. The zero-order chi connectivity index (χ0) is 16.6. The smallest absolute Gasteiger partial charge is 0.327 e. The topological polar surface area (TPSA) is 66.4 Å². The molecule has 0 bridgehead atoms. The summed E-state index contributed by atoms with van der Waals surface area (Å²) < 4.78 is 0. The maximum atomic E-state index is 11.6. The van der Waals surface area contributed by atoms with E-state index < -0.39 is 12.0 Å². The van der Waals surface area contributed by atoms with E-state index in [-0.39, 0.29) is 11.7 Å². The molecule has 1 amide bonds. The molecule has 0 saturated carbocycles. The Labute approximate surface area is 140 Å². The SMILES string of the molecule is CCCCCCCCCCCCCC(=O)N[C@@H](CS)C(=O)O. The van der Waals surface area contributed by atoms with E-state index in [4.69, 9.17) is 5.11 Å². The highest BCUT2D eigenvalue weighted by atomic mass is 32.1. The minimum atomic E-state index is -1.03. The number of amides is 1. The molecule has 0 rings (SSSR count). The standard InChI is InChI=1S/C17H33NO3S/c1-2-3-4-5-6-7-8-9-10-11-12-13-16(19)18-15(14-22)17(20)21/h15,22H,2-14H2,1H3,(H,18,19)(H,20,21)/t15-/m0/s1. The molecule has 0 aliphatic heterocycles. The highest BCUT2D eigenvalue weighted by Gasteiger charge is 2.17. The van der Waals surface area contributed by atoms with Gasteiger partial charge in [0.25, 0.3) is 0 Å². The Morgan fingerprint density at radius 3 is 1.77 bits per heavy atom. The third-order valence-electron chi connectivity index (χ3n) is 3.82. The van der Waals surface area contributed by atoms with Crippen LogP contribution in [-0.2, 0) is 9.59 Å². The summed E-state index contributed by atoms with van der Waals surface area (Å²) in [7, 11) is 0. The number of carbonyl (C=O) groups excluding carboxylic acids is 1. The van der Waals surface area contributed by atoms with E-state index in [1.807, 2.05) is 0 Å². The summed E-state index contributed by atoms with van der Waals surface area (Å²) in [5, 5.41) is 11.3. The van der Waals surface area contributed by atoms with Gasteiger partial charge in [0.1, 0.15) is 6.04 Å². The molecule has 22 heavy (non-hydrogen) atoms. The molecule has 130 valence electrons. The molecule has 0 aromatic heterocycles. The molecule has 0 saturated heterocycles. The van der Waals surface area contributed by atoms with Crippen molar-refractivity contribution < 1.29 is 14.7 Å². The lowest BCUT2D eigenvalue weighted by molar-refractivity contribution is -0.141. The fourth-order valence-electron chi connectivity index (χ4n) is 2.40. The Morgan fingerprint density at radius 2 is 1.36 bits per heavy atom. The second kappa shape index (κ2) is 15.2. The summed E-state index contributed by atoms with van der Waals surface area (Å²) >= 11 is 3.92. The molecule has 1 atom stereocenters. The molecular formula is C17H33NO3S. The molecular weight excluding hydrogens is 298 g/mol. The van der Waals surface area contributed by atoms with Gasteiger partial charge in [0, 0.05) is 12.2 Å². The normalized spacial score (nSPS) is 12.1. The fraction of sp³-hybridized carbons (Fsp3) is 0.882. The number of carbonyl (C=O) groups is 2. The van der Waals surface area contributed by atoms with Crippen molar-refractivity contribution in [2.45, 2.75) is 90.0 Å². The third-order valence-corrected chi connectivity index (χ3v) is 4.19. The molecule has 0 aliphatic carbocycles. The average Bonchev–Trinajstić information content (AvgIpc) is 2.50. The molecule has 0 fully saturated rings. The van der Waals surface area contributed by atoms with Gasteiger partial charge in [-0.05, 0) is 6.42 Å². The highest BCUT2D eigenvalue weighted by molar-refractivity contribution is 7.80. The lowest BCUT2D eigenvalue weighted by atomic mass is 10.1. The first-order valence-corrected chi connectivity index (χ1v) is 9.38. The molecule has 0 aromatic carbocycles. The molecule has 0 radical (unpaired) electrons. The van der Waals surface area contributed by atoms with Crippen LogP contribution in [0.4, 0.5) is 0 Å². The van der Waals surface area contributed by atoms with Crippen molar-refractivity contribution >= 4 is 24.5 Å². The first kappa shape index (κ1) is 21.3. The van der Waals surface area contributed by atoms with Crippen molar-refractivity contribution in [3.63, 3.8) is 0 Å². The number of thiol groups is 1. The molecule has 4 nitrogen and oxygen atoms in total. The maximum absolute atomic E-state index is 11.6. The van der Waals surface area contributed by atoms with Gasteiger partial charge < -0.3 is 10.4 Å². The Balaban J connectivity index is 3.35. The van der Waals surface area contributed by atoms with Gasteiger partial charge >= 0.3 is 5.97 Å². The van der Waals surface area contributed by atoms with Crippen molar-refractivity contribution in [3.05, 3.63) is 0 Å². The third kappa shape index (κ3) is 13.0. The number of hydrogen-bond donors (Lipinski definition) is 3. The van der Waals surface area contributed by atoms with E-state index in [1.165, 1.54) is 51.4 Å². The van der Waals surface area contributed by atoms with Crippen LogP contribution in [0.15, 0.2) is 0 Å². The average molecular weight is 332 g/mol. The first-order chi connectivity index (χ1) is 10.6. The second-order valence-corrected chi connectivity index (χ2v) is 6.29. The molecule has 0 aromatic rings. The minimum absolute atomic E-state index is 0.124. The van der Waals surface area contributed by atoms with E-state index >= 15 is 0 Å². The monoisotopic (exact) mass is 331 g/mol. The van der Waals surface area contributed by atoms with Crippen LogP contribution in [-0.4, -0.2) is 28.8 Å². The molecule has 0 heterocycles. The molecule has 0 unspecified atom stereocenters. The number of hydrogen-bond acceptors (Lipinski definition) is 3. The van der Waals surface area contributed by atoms with Crippen LogP contribution in [0.3, 0.4) is 0 Å². The summed E-state index contributed by atoms with van der Waals surface area (Å²) in [6, 6.07) is -0.872. The van der Waals surface area contributed by atoms with Crippen LogP contribution in [0.2, 0.25) is 0 Å². The summed E-state index contributed by atoms with van der Waals surface area (Å²) in [4.78, 5) is 22.3. The summed E-state index contributed by atoms with van der Waals surface area (Å²) in [5.41, 5.74) is 0. The second-order valence-electron chi connectivity index (χ2n) is 5.93. The molecule has 2 N–H and O–H groups in total. The first-order valence-electron chi connectivity index (χ1n) is 8.74. The van der Waals surface area contributed by atoms with E-state index in [0.29, 0.717) is 6.42 Å². The predicted octanol–water partition coefficient (Wildman–Crippen LogP) is 4.19. The van der Waals surface area contributed by atoms with E-state index in [2.05, 4.69) is 24.9 Å². The van der Waals surface area contributed by atoms with Gasteiger partial charge in [-0.1, -0.05) is 71.1 Å². The molecule has 0 aliphatic rings. The van der Waals surface area contributed by atoms with Crippen LogP contribution in [0.25, 0.3) is 0 Å². The highest BCUT2D eigenvalue weighted by Crippen LogP contribution is 2.11. The number of carboxylic acids is 1. The zero-order valence-corrected chi connectivity index (χ0v) is 14.9. The Morgan fingerprint density at radius 1 is 0.909 bits per heavy atom. The van der Waals surface area contributed by atoms with Gasteiger partial charge in [-0.25, -0.2) is 4.79 Å². The number of nitrogens with one attached hydrogen (secondary N) is 1. The van der Waals surface area contributed by atoms with Gasteiger partial charge in [0.05, 0.1) is 0 Å². The number of aliphatic carboxylic acids is 1. The lowest BCUT2D eigenvalue weighted by Crippen LogP contribution is -2.42. The Kier molecular flexibility index (Phi) is 14.7. The fourth-order valence-corrected chi connectivity index (χ4v) is 2.65. The van der Waals surface area contributed by atoms with E-state index in [9.17, 15) is 9.59 Å². The quantitative estimate of drug-likeness (QED) is 0.311. The Bertz CT molecular complexity index is 298. The maximum Gasteiger partial charge on any atom is 0.327 e. The summed E-state index contributed by atoms with van der Waals surface area (Å²) in [5.74, 6) is -1.08. The van der Waals surface area contributed by atoms with Crippen molar-refractivity contribution in [3.8, 4) is 0 Å². The van der Waals surface area contributed by atoms with E-state index in [1.54, 1.807) is 0 Å². The zero-order valence-electron chi connectivity index (χ0n) is 14.0. The van der Waals surface area contributed by atoms with Gasteiger partial charge in [-0.15, -0.1) is 0 Å². The number of carboxylic acid groups (broad SMARTS) is 1. The molecule has 5 heteroatoms. The van der Waals surface area contributed by atoms with Crippen LogP contribution >= 0.6 is 12.6 Å². The van der Waals surface area contributed by atoms with Gasteiger partial charge in [0.2, 0.25) is 5.91 Å². The van der Waals surface area contributed by atoms with Gasteiger partial charge in [0.15, 0.2) is 0 Å². The van der Waals surface area contributed by atoms with Gasteiger partial charge in [-0.2, -0.15) is 12.6 Å². The predicted molar refractivity (Wildman–Crippen MR) is 94.5 cm³/mol. The van der Waals surface area contributed by atoms with Crippen molar-refractivity contribution in [2.75, 3.05) is 5.75 Å². The lowest BCUT2D eigenvalue weighted by Gasteiger charge is -2.11. The largest absolute Gasteiger partial charge is 0.480 e. The summed E-state index contributed by atoms with van der Waals surface area (Å²) in [6.45, 7) is 2.24. The van der Waals surface area contributed by atoms with Crippen LogP contribution in [0.5, 0.6) is 0 Å². The Hall–Kier alpha value is -0.710. The number of unbranched alkanes of at least 4 members (excludes halogenated alkanes) is 10. The van der Waals surface area contributed by atoms with Crippen LogP contribution in [0, 0.1) is 0 Å². The summed E-state index contributed by atoms with van der Waals surface area (Å²) in [6.07, 6.45) is 14.1. The van der Waals surface area contributed by atoms with Crippen molar-refractivity contribution in [1.82, 2.24) is 5.32 Å². The van der Waals surface area contributed by atoms with Crippen molar-refractivity contribution in [2.24, 2.45) is 0 Å². The van der Waals surface area contributed by atoms with Crippen molar-refractivity contribution in [1.29, 1.82) is 0 Å². The number of rotatable bonds is 15. The minimum Gasteiger partial charge on any atom is -0.480 e. The van der Waals surface area contributed by atoms with Crippen LogP contribution in [0.1, 0.15) is 84.0 Å². The van der Waals surface area contributed by atoms with Gasteiger partial charge in [-0.3, -0.25) is 4.79 Å². The van der Waals surface area contributed by atoms with Crippen LogP contribution < -0.4 is 5.32 Å².